The van der Waals surface area contributed by atoms with Gasteiger partial charge in [-0.3, -0.25) is 4.79 Å². The van der Waals surface area contributed by atoms with Crippen LogP contribution in [-0.4, -0.2) is 53.1 Å². The van der Waals surface area contributed by atoms with E-state index in [9.17, 15) is 4.79 Å². The number of carbonyl (C=O) groups excluding carboxylic acids is 1. The van der Waals surface area contributed by atoms with Crippen LogP contribution in [0.5, 0.6) is 5.75 Å². The van der Waals surface area contributed by atoms with Gasteiger partial charge in [0, 0.05) is 26.2 Å². The molecular formula is C21H21N5O2. The summed E-state index contributed by atoms with van der Waals surface area (Å²) in [7, 11) is 0. The number of benzene rings is 2. The first-order valence-electron chi connectivity index (χ1n) is 9.30. The molecular weight excluding hydrogens is 354 g/mol. The van der Waals surface area contributed by atoms with Crippen LogP contribution in [0.15, 0.2) is 48.5 Å². The Kier molecular flexibility index (Phi) is 4.85. The summed E-state index contributed by atoms with van der Waals surface area (Å²) >= 11 is 0. The van der Waals surface area contributed by atoms with Gasteiger partial charge in [-0.05, 0) is 31.2 Å². The highest BCUT2D eigenvalue weighted by Crippen LogP contribution is 2.21. The van der Waals surface area contributed by atoms with Crippen molar-refractivity contribution in [1.29, 1.82) is 5.26 Å². The molecule has 1 saturated heterocycles. The SMILES string of the molecule is C[C@@H](Oc1ccccc1C#N)C(=O)N1CCN(c2nc3ccccc3[nH]2)CC1. The number of hydrogen-bond donors (Lipinski definition) is 1. The van der Waals surface area contributed by atoms with E-state index in [1.54, 1.807) is 36.1 Å². The summed E-state index contributed by atoms with van der Waals surface area (Å²) in [6, 6.07) is 17.0. The summed E-state index contributed by atoms with van der Waals surface area (Å²) in [5, 5.41) is 9.17. The Morgan fingerprint density at radius 2 is 1.86 bits per heavy atom. The predicted molar refractivity (Wildman–Crippen MR) is 106 cm³/mol. The Morgan fingerprint density at radius 3 is 2.61 bits per heavy atom. The minimum absolute atomic E-state index is 0.0722. The van der Waals surface area contributed by atoms with E-state index in [0.717, 1.165) is 17.0 Å². The fraction of sp³-hybridized carbons (Fsp3) is 0.286. The van der Waals surface area contributed by atoms with Crippen LogP contribution < -0.4 is 9.64 Å². The minimum Gasteiger partial charge on any atom is -0.480 e. The molecule has 7 heteroatoms. The maximum absolute atomic E-state index is 12.8. The summed E-state index contributed by atoms with van der Waals surface area (Å²) in [5.41, 5.74) is 2.38. The number of imidazole rings is 1. The highest BCUT2D eigenvalue weighted by atomic mass is 16.5. The number of fused-ring (bicyclic) bond motifs is 1. The Balaban J connectivity index is 1.37. The fourth-order valence-corrected chi connectivity index (χ4v) is 3.39. The summed E-state index contributed by atoms with van der Waals surface area (Å²) in [4.78, 5) is 24.7. The second-order valence-electron chi connectivity index (χ2n) is 6.76. The number of nitriles is 1. The molecule has 142 valence electrons. The van der Waals surface area contributed by atoms with Crippen molar-refractivity contribution in [1.82, 2.24) is 14.9 Å². The summed E-state index contributed by atoms with van der Waals surface area (Å²) in [5.74, 6) is 1.20. The minimum atomic E-state index is -0.646. The third kappa shape index (κ3) is 3.49. The average molecular weight is 375 g/mol. The number of aromatic amines is 1. The van der Waals surface area contributed by atoms with E-state index in [2.05, 4.69) is 20.9 Å². The molecule has 0 spiro atoms. The van der Waals surface area contributed by atoms with Gasteiger partial charge in [0.1, 0.15) is 11.8 Å². The third-order valence-corrected chi connectivity index (χ3v) is 4.93. The highest BCUT2D eigenvalue weighted by molar-refractivity contribution is 5.81. The van der Waals surface area contributed by atoms with Crippen LogP contribution in [0.1, 0.15) is 12.5 Å². The number of hydrogen-bond acceptors (Lipinski definition) is 5. The first-order valence-corrected chi connectivity index (χ1v) is 9.30. The standard InChI is InChI=1S/C21H21N5O2/c1-15(28-19-9-5-2-6-16(19)14-22)20(27)25-10-12-26(13-11-25)21-23-17-7-3-4-8-18(17)24-21/h2-9,15H,10-13H2,1H3,(H,23,24)/t15-/m1/s1. The van der Waals surface area contributed by atoms with Crippen LogP contribution in [0.25, 0.3) is 11.0 Å². The van der Waals surface area contributed by atoms with Crippen molar-refractivity contribution in [2.75, 3.05) is 31.1 Å². The predicted octanol–water partition coefficient (Wildman–Crippen LogP) is 2.55. The van der Waals surface area contributed by atoms with E-state index in [1.165, 1.54) is 0 Å². The van der Waals surface area contributed by atoms with Gasteiger partial charge in [-0.1, -0.05) is 24.3 Å². The number of anilines is 1. The van der Waals surface area contributed by atoms with Gasteiger partial charge in [-0.25, -0.2) is 4.98 Å². The van der Waals surface area contributed by atoms with Gasteiger partial charge in [0.25, 0.3) is 5.91 Å². The number of rotatable bonds is 4. The van der Waals surface area contributed by atoms with Gasteiger partial charge in [0.15, 0.2) is 6.10 Å². The van der Waals surface area contributed by atoms with Crippen molar-refractivity contribution in [3.05, 3.63) is 54.1 Å². The Labute approximate surface area is 163 Å². The molecule has 0 unspecified atom stereocenters. The number of H-pyrrole nitrogens is 1. The number of piperazine rings is 1. The van der Waals surface area contributed by atoms with Gasteiger partial charge in [0.05, 0.1) is 16.6 Å². The molecule has 2 aromatic carbocycles. The number of amides is 1. The van der Waals surface area contributed by atoms with E-state index in [1.807, 2.05) is 24.3 Å². The van der Waals surface area contributed by atoms with E-state index in [-0.39, 0.29) is 5.91 Å². The van der Waals surface area contributed by atoms with Crippen LogP contribution in [-0.2, 0) is 4.79 Å². The van der Waals surface area contributed by atoms with Crippen LogP contribution in [0.2, 0.25) is 0 Å². The molecule has 1 atom stereocenters. The summed E-state index contributed by atoms with van der Waals surface area (Å²) in [6.45, 7) is 4.33. The van der Waals surface area contributed by atoms with Crippen LogP contribution in [0, 0.1) is 11.3 Å². The van der Waals surface area contributed by atoms with Crippen molar-refractivity contribution in [3.8, 4) is 11.8 Å². The van der Waals surface area contributed by atoms with E-state index < -0.39 is 6.10 Å². The van der Waals surface area contributed by atoms with Crippen molar-refractivity contribution in [3.63, 3.8) is 0 Å². The molecule has 7 nitrogen and oxygen atoms in total. The van der Waals surface area contributed by atoms with E-state index in [4.69, 9.17) is 10.00 Å². The van der Waals surface area contributed by atoms with Gasteiger partial charge >= 0.3 is 0 Å². The first-order chi connectivity index (χ1) is 13.7. The maximum Gasteiger partial charge on any atom is 0.263 e. The van der Waals surface area contributed by atoms with Gasteiger partial charge in [-0.2, -0.15) is 5.26 Å². The molecule has 1 aliphatic heterocycles. The quantitative estimate of drug-likeness (QED) is 0.757. The molecule has 1 aliphatic rings. The summed E-state index contributed by atoms with van der Waals surface area (Å²) < 4.78 is 5.76. The molecule has 2 heterocycles. The number of ether oxygens (including phenoxy) is 1. The van der Waals surface area contributed by atoms with Crippen LogP contribution in [0.3, 0.4) is 0 Å². The summed E-state index contributed by atoms with van der Waals surface area (Å²) in [6.07, 6.45) is -0.646. The zero-order valence-corrected chi connectivity index (χ0v) is 15.6. The molecule has 1 aromatic heterocycles. The van der Waals surface area contributed by atoms with Crippen LogP contribution in [0.4, 0.5) is 5.95 Å². The lowest BCUT2D eigenvalue weighted by molar-refractivity contribution is -0.138. The normalized spacial score (nSPS) is 15.3. The largest absolute Gasteiger partial charge is 0.480 e. The zero-order chi connectivity index (χ0) is 19.5. The molecule has 3 aromatic rings. The fourth-order valence-electron chi connectivity index (χ4n) is 3.39. The molecule has 0 radical (unpaired) electrons. The lowest BCUT2D eigenvalue weighted by Gasteiger charge is -2.35. The van der Waals surface area contributed by atoms with Gasteiger partial charge in [-0.15, -0.1) is 0 Å². The van der Waals surface area contributed by atoms with Crippen molar-refractivity contribution in [2.24, 2.45) is 0 Å². The number of para-hydroxylation sites is 3. The van der Waals surface area contributed by atoms with E-state index >= 15 is 0 Å². The topological polar surface area (TPSA) is 85.2 Å². The smallest absolute Gasteiger partial charge is 0.263 e. The monoisotopic (exact) mass is 375 g/mol. The molecule has 1 amide bonds. The Morgan fingerprint density at radius 1 is 1.14 bits per heavy atom. The molecule has 0 bridgehead atoms. The Bertz CT molecular complexity index is 997. The Hall–Kier alpha value is -3.53. The molecule has 4 rings (SSSR count). The molecule has 1 fully saturated rings. The van der Waals surface area contributed by atoms with E-state index in [0.29, 0.717) is 37.5 Å². The average Bonchev–Trinajstić information content (AvgIpc) is 3.18. The zero-order valence-electron chi connectivity index (χ0n) is 15.6. The van der Waals surface area contributed by atoms with Crippen molar-refractivity contribution >= 4 is 22.9 Å². The van der Waals surface area contributed by atoms with Gasteiger partial charge < -0.3 is 19.5 Å². The lowest BCUT2D eigenvalue weighted by Crippen LogP contribution is -2.52. The lowest BCUT2D eigenvalue weighted by atomic mass is 10.2. The molecule has 0 aliphatic carbocycles. The third-order valence-electron chi connectivity index (χ3n) is 4.93. The first kappa shape index (κ1) is 17.9. The highest BCUT2D eigenvalue weighted by Gasteiger charge is 2.27. The van der Waals surface area contributed by atoms with Crippen molar-refractivity contribution in [2.45, 2.75) is 13.0 Å². The van der Waals surface area contributed by atoms with Crippen LogP contribution >= 0.6 is 0 Å². The second-order valence-corrected chi connectivity index (χ2v) is 6.76. The number of nitrogens with zero attached hydrogens (tertiary/aromatic N) is 4. The number of nitrogens with one attached hydrogen (secondary N) is 1. The number of carbonyl (C=O) groups is 1. The van der Waals surface area contributed by atoms with Gasteiger partial charge in [0.2, 0.25) is 5.95 Å². The molecule has 0 saturated carbocycles. The molecule has 1 N–H and O–H groups in total. The second kappa shape index (κ2) is 7.61. The molecule has 28 heavy (non-hydrogen) atoms. The maximum atomic E-state index is 12.8. The number of aromatic nitrogens is 2. The van der Waals surface area contributed by atoms with Crippen molar-refractivity contribution < 1.29 is 9.53 Å².